The lowest BCUT2D eigenvalue weighted by atomic mass is 10.0. The molecule has 2 heterocycles. The smallest absolute Gasteiger partial charge is 0.338 e. The minimum Gasteiger partial charge on any atom is -0.494 e. The summed E-state index contributed by atoms with van der Waals surface area (Å²) in [5.74, 6) is -1.76. The molecule has 0 unspecified atom stereocenters. The van der Waals surface area contributed by atoms with Crippen LogP contribution < -0.4 is 9.46 Å². The third kappa shape index (κ3) is 4.04. The monoisotopic (exact) mass is 482 g/mol. The highest BCUT2D eigenvalue weighted by molar-refractivity contribution is 7.92. The third-order valence-electron chi connectivity index (χ3n) is 4.58. The number of nitrogens with zero attached hydrogens (tertiary/aromatic N) is 1. The first-order valence-electron chi connectivity index (χ1n) is 8.71. The highest BCUT2D eigenvalue weighted by Gasteiger charge is 2.27. The molecule has 1 aliphatic heterocycles. The number of nitrogens with one attached hydrogen (secondary N) is 1. The molecule has 4 bridgehead atoms. The van der Waals surface area contributed by atoms with Crippen LogP contribution in [0.3, 0.4) is 0 Å². The lowest BCUT2D eigenvalue weighted by molar-refractivity contribution is 0.0472. The Hall–Kier alpha value is -2.88. The Morgan fingerprint density at radius 1 is 1.13 bits per heavy atom. The van der Waals surface area contributed by atoms with Crippen molar-refractivity contribution in [3.05, 3.63) is 69.7 Å². The van der Waals surface area contributed by atoms with Gasteiger partial charge in [-0.2, -0.15) is 4.39 Å². The first-order valence-corrected chi connectivity index (χ1v) is 11.0. The van der Waals surface area contributed by atoms with E-state index in [0.717, 1.165) is 12.1 Å². The lowest BCUT2D eigenvalue weighted by Crippen LogP contribution is -2.16. The van der Waals surface area contributed by atoms with Crippen molar-refractivity contribution in [1.82, 2.24) is 4.98 Å². The van der Waals surface area contributed by atoms with Gasteiger partial charge in [-0.15, -0.1) is 0 Å². The molecule has 0 fully saturated rings. The van der Waals surface area contributed by atoms with E-state index in [4.69, 9.17) is 32.7 Å². The largest absolute Gasteiger partial charge is 0.494 e. The van der Waals surface area contributed by atoms with Gasteiger partial charge < -0.3 is 9.47 Å². The third-order valence-corrected chi connectivity index (χ3v) is 6.56. The van der Waals surface area contributed by atoms with Crippen molar-refractivity contribution in [3.63, 3.8) is 0 Å². The van der Waals surface area contributed by atoms with Gasteiger partial charge in [-0.05, 0) is 29.8 Å². The summed E-state index contributed by atoms with van der Waals surface area (Å²) < 4.78 is 52.9. The SMILES string of the molecule is COc1c(Cl)cc2cc1S(=O)(=O)Nc1cc(ccc1Cl)-c1cnc(F)cc1COC2=O. The first kappa shape index (κ1) is 21.4. The second kappa shape index (κ2) is 7.99. The van der Waals surface area contributed by atoms with Crippen molar-refractivity contribution in [2.24, 2.45) is 0 Å². The molecule has 31 heavy (non-hydrogen) atoms. The van der Waals surface area contributed by atoms with Crippen LogP contribution in [0.5, 0.6) is 5.75 Å². The molecule has 1 aliphatic rings. The maximum atomic E-state index is 13.8. The Bertz CT molecular complexity index is 1330. The molecule has 1 N–H and O–H groups in total. The maximum Gasteiger partial charge on any atom is 0.338 e. The highest BCUT2D eigenvalue weighted by atomic mass is 35.5. The van der Waals surface area contributed by atoms with E-state index in [-0.39, 0.29) is 38.5 Å². The van der Waals surface area contributed by atoms with Gasteiger partial charge in [-0.25, -0.2) is 18.2 Å². The molecule has 4 rings (SSSR count). The van der Waals surface area contributed by atoms with Crippen molar-refractivity contribution >= 4 is 44.9 Å². The van der Waals surface area contributed by atoms with E-state index >= 15 is 0 Å². The van der Waals surface area contributed by atoms with Crippen molar-refractivity contribution in [1.29, 1.82) is 0 Å². The molecule has 7 nitrogen and oxygen atoms in total. The van der Waals surface area contributed by atoms with Crippen LogP contribution in [0.15, 0.2) is 47.5 Å². The normalized spacial score (nSPS) is 14.8. The number of rotatable bonds is 1. The molecule has 0 radical (unpaired) electrons. The van der Waals surface area contributed by atoms with Crippen LogP contribution >= 0.6 is 23.2 Å². The number of hydrogen-bond donors (Lipinski definition) is 1. The van der Waals surface area contributed by atoms with Crippen molar-refractivity contribution in [2.45, 2.75) is 11.5 Å². The molecule has 160 valence electrons. The van der Waals surface area contributed by atoms with Crippen LogP contribution in [-0.4, -0.2) is 26.5 Å². The van der Waals surface area contributed by atoms with E-state index in [1.807, 2.05) is 0 Å². The number of benzene rings is 2. The number of hydrogen-bond acceptors (Lipinski definition) is 6. The molecule has 0 saturated carbocycles. The number of sulfonamides is 1. The minimum absolute atomic E-state index is 0.0597. The topological polar surface area (TPSA) is 94.6 Å². The average Bonchev–Trinajstić information content (AvgIpc) is 2.72. The van der Waals surface area contributed by atoms with Crippen LogP contribution in [0.2, 0.25) is 10.0 Å². The van der Waals surface area contributed by atoms with E-state index in [9.17, 15) is 17.6 Å². The van der Waals surface area contributed by atoms with E-state index < -0.39 is 21.9 Å². The molecule has 0 amide bonds. The van der Waals surface area contributed by atoms with E-state index in [1.54, 1.807) is 6.07 Å². The Morgan fingerprint density at radius 2 is 1.90 bits per heavy atom. The number of fused-ring (bicyclic) bond motifs is 6. The van der Waals surface area contributed by atoms with Crippen molar-refractivity contribution in [2.75, 3.05) is 11.8 Å². The number of carbonyl (C=O) groups is 1. The summed E-state index contributed by atoms with van der Waals surface area (Å²) in [5, 5.41) is 0.00931. The summed E-state index contributed by atoms with van der Waals surface area (Å²) in [4.78, 5) is 15.9. The number of pyridine rings is 1. The fraction of sp³-hybridized carbons (Fsp3) is 0.100. The lowest BCUT2D eigenvalue weighted by Gasteiger charge is -2.15. The Kier molecular flexibility index (Phi) is 5.50. The molecule has 0 atom stereocenters. The van der Waals surface area contributed by atoms with Crippen molar-refractivity contribution < 1.29 is 27.1 Å². The zero-order chi connectivity index (χ0) is 22.3. The number of ether oxygens (including phenoxy) is 2. The van der Waals surface area contributed by atoms with Crippen LogP contribution in [0.4, 0.5) is 10.1 Å². The van der Waals surface area contributed by atoms with Gasteiger partial charge in [0.1, 0.15) is 11.5 Å². The highest BCUT2D eigenvalue weighted by Crippen LogP contribution is 2.37. The molecule has 3 aromatic rings. The molecule has 0 saturated heterocycles. The standard InChI is InChI=1S/C20H13Cl2FN2O5S/c1-29-19-15(22)4-11-6-17(19)31(27,28)25-16-5-10(2-3-14(16)21)13-8-24-18(23)7-12(13)9-30-20(11)26/h2-8,25H,9H2,1H3. The number of methoxy groups -OCH3 is 1. The molecule has 0 aliphatic carbocycles. The second-order valence-corrected chi connectivity index (χ2v) is 9.00. The summed E-state index contributed by atoms with van der Waals surface area (Å²) in [5.41, 5.74) is 1.18. The van der Waals surface area contributed by atoms with Gasteiger partial charge in [0.15, 0.2) is 5.75 Å². The number of halogens is 3. The second-order valence-electron chi connectivity index (χ2n) is 6.53. The van der Waals surface area contributed by atoms with Crippen LogP contribution in [-0.2, 0) is 21.4 Å². The number of carbonyl (C=O) groups excluding carboxylic acids is 1. The molecule has 1 aromatic heterocycles. The van der Waals surface area contributed by atoms with Crippen LogP contribution in [0.25, 0.3) is 11.1 Å². The van der Waals surface area contributed by atoms with Gasteiger partial charge >= 0.3 is 5.97 Å². The summed E-state index contributed by atoms with van der Waals surface area (Å²) in [6.07, 6.45) is 1.26. The van der Waals surface area contributed by atoms with E-state index in [1.165, 1.54) is 31.5 Å². The Morgan fingerprint density at radius 3 is 2.65 bits per heavy atom. The van der Waals surface area contributed by atoms with Gasteiger partial charge in [0, 0.05) is 23.4 Å². The van der Waals surface area contributed by atoms with Crippen LogP contribution in [0.1, 0.15) is 15.9 Å². The fourth-order valence-electron chi connectivity index (χ4n) is 3.13. The summed E-state index contributed by atoms with van der Waals surface area (Å²) in [6.45, 7) is -0.287. The summed E-state index contributed by atoms with van der Waals surface area (Å²) in [7, 11) is -3.03. The Labute approximate surface area is 186 Å². The van der Waals surface area contributed by atoms with E-state index in [0.29, 0.717) is 16.7 Å². The number of esters is 1. The molecule has 2 aromatic carbocycles. The predicted molar refractivity (Wildman–Crippen MR) is 113 cm³/mol. The maximum absolute atomic E-state index is 13.8. The zero-order valence-electron chi connectivity index (χ0n) is 15.8. The molecule has 11 heteroatoms. The van der Waals surface area contributed by atoms with Gasteiger partial charge in [0.05, 0.1) is 28.4 Å². The average molecular weight is 483 g/mol. The van der Waals surface area contributed by atoms with Gasteiger partial charge in [-0.3, -0.25) is 4.72 Å². The van der Waals surface area contributed by atoms with Gasteiger partial charge in [-0.1, -0.05) is 29.3 Å². The van der Waals surface area contributed by atoms with Crippen LogP contribution in [0, 0.1) is 5.95 Å². The summed E-state index contributed by atoms with van der Waals surface area (Å²) in [6, 6.07) is 8.00. The molecular weight excluding hydrogens is 470 g/mol. The number of aromatic nitrogens is 1. The zero-order valence-corrected chi connectivity index (χ0v) is 18.1. The Balaban J connectivity index is 1.99. The van der Waals surface area contributed by atoms with Gasteiger partial charge in [0.2, 0.25) is 5.95 Å². The quantitative estimate of drug-likeness (QED) is 0.399. The minimum atomic E-state index is -4.28. The molecule has 0 spiro atoms. The van der Waals surface area contributed by atoms with Gasteiger partial charge in [0.25, 0.3) is 10.0 Å². The number of cyclic esters (lactones) is 1. The van der Waals surface area contributed by atoms with Crippen molar-refractivity contribution in [3.8, 4) is 16.9 Å². The summed E-state index contributed by atoms with van der Waals surface area (Å²) >= 11 is 12.4. The fourth-order valence-corrected chi connectivity index (χ4v) is 4.99. The number of anilines is 1. The predicted octanol–water partition coefficient (Wildman–Crippen LogP) is 4.67. The van der Waals surface area contributed by atoms with E-state index in [2.05, 4.69) is 9.71 Å². The first-order chi connectivity index (χ1) is 14.7. The molecular formula is C20H13Cl2FN2O5S.